The second-order valence-corrected chi connectivity index (χ2v) is 3.16. The first-order valence-electron chi connectivity index (χ1n) is 4.93. The summed E-state index contributed by atoms with van der Waals surface area (Å²) in [6, 6.07) is 11.5. The average molecular weight is 200 g/mol. The average Bonchev–Trinajstić information content (AvgIpc) is 2.31. The van der Waals surface area contributed by atoms with Crippen LogP contribution in [-0.4, -0.2) is 10.2 Å². The van der Waals surface area contributed by atoms with Crippen molar-refractivity contribution in [2.24, 2.45) is 0 Å². The molecule has 0 fully saturated rings. The van der Waals surface area contributed by atoms with Gasteiger partial charge in [-0.25, -0.2) is 0 Å². The third-order valence-corrected chi connectivity index (χ3v) is 2.10. The molecule has 15 heavy (non-hydrogen) atoms. The van der Waals surface area contributed by atoms with Crippen molar-refractivity contribution in [3.8, 4) is 11.6 Å². The highest BCUT2D eigenvalue weighted by Crippen LogP contribution is 2.18. The zero-order valence-corrected chi connectivity index (χ0v) is 8.55. The Hall–Kier alpha value is -1.90. The van der Waals surface area contributed by atoms with Gasteiger partial charge in [0, 0.05) is 12.3 Å². The van der Waals surface area contributed by atoms with Gasteiger partial charge in [0.2, 0.25) is 5.88 Å². The van der Waals surface area contributed by atoms with Crippen LogP contribution in [0.2, 0.25) is 0 Å². The van der Waals surface area contributed by atoms with E-state index in [9.17, 15) is 0 Å². The van der Waals surface area contributed by atoms with Gasteiger partial charge in [0.25, 0.3) is 0 Å². The molecule has 0 saturated carbocycles. The minimum Gasteiger partial charge on any atom is -0.438 e. The quantitative estimate of drug-likeness (QED) is 0.764. The van der Waals surface area contributed by atoms with Gasteiger partial charge in [-0.15, -0.1) is 5.10 Å². The van der Waals surface area contributed by atoms with Gasteiger partial charge in [0.15, 0.2) is 0 Å². The number of ether oxygens (including phenoxy) is 1. The molecule has 0 saturated heterocycles. The molecule has 0 atom stereocenters. The van der Waals surface area contributed by atoms with Crippen LogP contribution in [0.4, 0.5) is 0 Å². The topological polar surface area (TPSA) is 35.0 Å². The molecular weight excluding hydrogens is 188 g/mol. The number of aromatic nitrogens is 2. The van der Waals surface area contributed by atoms with Crippen molar-refractivity contribution in [1.29, 1.82) is 0 Å². The van der Waals surface area contributed by atoms with Gasteiger partial charge in [0.05, 0.1) is 0 Å². The number of aryl methyl sites for hydroxylation is 1. The highest BCUT2D eigenvalue weighted by atomic mass is 16.5. The summed E-state index contributed by atoms with van der Waals surface area (Å²) in [4.78, 5) is 0. The van der Waals surface area contributed by atoms with Gasteiger partial charge < -0.3 is 4.74 Å². The van der Waals surface area contributed by atoms with Crippen molar-refractivity contribution in [1.82, 2.24) is 10.2 Å². The first kappa shape index (κ1) is 9.65. The predicted molar refractivity (Wildman–Crippen MR) is 57.9 cm³/mol. The van der Waals surface area contributed by atoms with Crippen LogP contribution in [0.1, 0.15) is 12.5 Å². The van der Waals surface area contributed by atoms with Gasteiger partial charge >= 0.3 is 0 Å². The molecule has 2 rings (SSSR count). The number of rotatable bonds is 3. The molecule has 2 aromatic rings. The van der Waals surface area contributed by atoms with Gasteiger partial charge in [-0.2, -0.15) is 5.10 Å². The van der Waals surface area contributed by atoms with Gasteiger partial charge in [-0.05, 0) is 30.2 Å². The van der Waals surface area contributed by atoms with E-state index in [1.807, 2.05) is 24.3 Å². The van der Waals surface area contributed by atoms with Crippen LogP contribution in [0, 0.1) is 0 Å². The summed E-state index contributed by atoms with van der Waals surface area (Å²) in [6.07, 6.45) is 2.65. The fourth-order valence-electron chi connectivity index (χ4n) is 1.26. The number of hydrogen-bond acceptors (Lipinski definition) is 3. The normalized spacial score (nSPS) is 9.93. The van der Waals surface area contributed by atoms with E-state index in [4.69, 9.17) is 4.74 Å². The second kappa shape index (κ2) is 4.55. The molecule has 3 heteroatoms. The van der Waals surface area contributed by atoms with Crippen molar-refractivity contribution < 1.29 is 4.74 Å². The fraction of sp³-hybridized carbons (Fsp3) is 0.167. The third-order valence-electron chi connectivity index (χ3n) is 2.10. The SMILES string of the molecule is CCc1ccc(Oc2cccnn2)cc1. The van der Waals surface area contributed by atoms with E-state index < -0.39 is 0 Å². The molecule has 0 unspecified atom stereocenters. The molecule has 0 aliphatic rings. The van der Waals surface area contributed by atoms with Crippen LogP contribution < -0.4 is 4.74 Å². The Morgan fingerprint density at radius 3 is 2.53 bits per heavy atom. The van der Waals surface area contributed by atoms with E-state index in [-0.39, 0.29) is 0 Å². The highest BCUT2D eigenvalue weighted by molar-refractivity contribution is 5.29. The maximum absolute atomic E-state index is 5.50. The minimum atomic E-state index is 0.516. The zero-order valence-electron chi connectivity index (χ0n) is 8.55. The van der Waals surface area contributed by atoms with E-state index in [0.29, 0.717) is 5.88 Å². The Labute approximate surface area is 88.7 Å². The van der Waals surface area contributed by atoms with E-state index >= 15 is 0 Å². The molecule has 0 radical (unpaired) electrons. The number of nitrogens with zero attached hydrogens (tertiary/aromatic N) is 2. The Morgan fingerprint density at radius 1 is 1.13 bits per heavy atom. The second-order valence-electron chi connectivity index (χ2n) is 3.16. The maximum atomic E-state index is 5.50. The third kappa shape index (κ3) is 2.53. The molecule has 0 N–H and O–H groups in total. The van der Waals surface area contributed by atoms with Crippen LogP contribution in [0.25, 0.3) is 0 Å². The summed E-state index contributed by atoms with van der Waals surface area (Å²) in [5.41, 5.74) is 1.29. The molecule has 0 bridgehead atoms. The molecular formula is C12H12N2O. The van der Waals surface area contributed by atoms with E-state index in [1.54, 1.807) is 18.3 Å². The summed E-state index contributed by atoms with van der Waals surface area (Å²) in [7, 11) is 0. The molecule has 1 aromatic carbocycles. The Balaban J connectivity index is 2.11. The smallest absolute Gasteiger partial charge is 0.238 e. The molecule has 1 heterocycles. The Kier molecular flexibility index (Phi) is 2.93. The number of hydrogen-bond donors (Lipinski definition) is 0. The van der Waals surface area contributed by atoms with Crippen molar-refractivity contribution in [2.75, 3.05) is 0 Å². The highest BCUT2D eigenvalue weighted by Gasteiger charge is 1.97. The largest absolute Gasteiger partial charge is 0.438 e. The van der Waals surface area contributed by atoms with Crippen molar-refractivity contribution in [2.45, 2.75) is 13.3 Å². The summed E-state index contributed by atoms with van der Waals surface area (Å²) in [5, 5.41) is 7.58. The summed E-state index contributed by atoms with van der Waals surface area (Å²) < 4.78 is 5.50. The molecule has 0 amide bonds. The van der Waals surface area contributed by atoms with E-state index in [1.165, 1.54) is 5.56 Å². The minimum absolute atomic E-state index is 0.516. The first-order chi connectivity index (χ1) is 7.38. The standard InChI is InChI=1S/C12H12N2O/c1-2-10-5-7-11(8-6-10)15-12-4-3-9-13-14-12/h3-9H,2H2,1H3. The molecule has 0 aliphatic heterocycles. The lowest BCUT2D eigenvalue weighted by Crippen LogP contribution is -1.89. The zero-order chi connectivity index (χ0) is 10.5. The summed E-state index contributed by atoms with van der Waals surface area (Å²) in [5.74, 6) is 1.30. The Bertz CT molecular complexity index is 411. The predicted octanol–water partition coefficient (Wildman–Crippen LogP) is 2.83. The number of benzene rings is 1. The van der Waals surface area contributed by atoms with Crippen LogP contribution >= 0.6 is 0 Å². The van der Waals surface area contributed by atoms with Crippen molar-refractivity contribution in [3.05, 3.63) is 48.2 Å². The van der Waals surface area contributed by atoms with Crippen LogP contribution in [-0.2, 0) is 6.42 Å². The molecule has 76 valence electrons. The maximum Gasteiger partial charge on any atom is 0.238 e. The summed E-state index contributed by atoms with van der Waals surface area (Å²) >= 11 is 0. The lowest BCUT2D eigenvalue weighted by molar-refractivity contribution is 0.455. The van der Waals surface area contributed by atoms with Crippen LogP contribution in [0.3, 0.4) is 0 Å². The van der Waals surface area contributed by atoms with E-state index in [0.717, 1.165) is 12.2 Å². The van der Waals surface area contributed by atoms with Gasteiger partial charge in [0.1, 0.15) is 5.75 Å². The van der Waals surface area contributed by atoms with Gasteiger partial charge in [-0.1, -0.05) is 19.1 Å². The lowest BCUT2D eigenvalue weighted by Gasteiger charge is -2.03. The van der Waals surface area contributed by atoms with Crippen molar-refractivity contribution in [3.63, 3.8) is 0 Å². The van der Waals surface area contributed by atoms with Crippen LogP contribution in [0.15, 0.2) is 42.6 Å². The van der Waals surface area contributed by atoms with Crippen molar-refractivity contribution >= 4 is 0 Å². The molecule has 0 spiro atoms. The molecule has 0 aliphatic carbocycles. The fourth-order valence-corrected chi connectivity index (χ4v) is 1.26. The monoisotopic (exact) mass is 200 g/mol. The van der Waals surface area contributed by atoms with Crippen LogP contribution in [0.5, 0.6) is 11.6 Å². The lowest BCUT2D eigenvalue weighted by atomic mass is 10.2. The van der Waals surface area contributed by atoms with Gasteiger partial charge in [-0.3, -0.25) is 0 Å². The summed E-state index contributed by atoms with van der Waals surface area (Å²) in [6.45, 7) is 2.12. The Morgan fingerprint density at radius 2 is 1.93 bits per heavy atom. The molecule has 3 nitrogen and oxygen atoms in total. The first-order valence-corrected chi connectivity index (χ1v) is 4.93. The molecule has 1 aromatic heterocycles. The van der Waals surface area contributed by atoms with E-state index in [2.05, 4.69) is 17.1 Å².